The van der Waals surface area contributed by atoms with E-state index in [9.17, 15) is 13.2 Å². The number of nitrogens with one attached hydrogen (secondary N) is 1. The van der Waals surface area contributed by atoms with Crippen molar-refractivity contribution >= 4 is 32.6 Å². The molecule has 0 saturated carbocycles. The topological polar surface area (TPSA) is 92.5 Å². The minimum Gasteiger partial charge on any atom is -0.356 e. The SMILES string of the molecule is O=C1C[C@H](NS(=O)(=O)Cc2noc3ccccc23)CN1c1ccccc1. The summed E-state index contributed by atoms with van der Waals surface area (Å²) in [6, 6.07) is 15.9. The first-order chi connectivity index (χ1) is 12.5. The summed E-state index contributed by atoms with van der Waals surface area (Å²) in [5.74, 6) is -0.393. The molecule has 0 aliphatic carbocycles. The Labute approximate surface area is 150 Å². The summed E-state index contributed by atoms with van der Waals surface area (Å²) < 4.78 is 32.8. The molecule has 1 amide bonds. The molecule has 26 heavy (non-hydrogen) atoms. The molecule has 1 aliphatic rings. The van der Waals surface area contributed by atoms with E-state index in [-0.39, 0.29) is 18.1 Å². The lowest BCUT2D eigenvalue weighted by molar-refractivity contribution is -0.117. The summed E-state index contributed by atoms with van der Waals surface area (Å²) in [6.45, 7) is 0.307. The third-order valence-electron chi connectivity index (χ3n) is 4.32. The van der Waals surface area contributed by atoms with Crippen molar-refractivity contribution in [3.63, 3.8) is 0 Å². The van der Waals surface area contributed by atoms with Gasteiger partial charge in [-0.15, -0.1) is 0 Å². The molecule has 1 saturated heterocycles. The first-order valence-corrected chi connectivity index (χ1v) is 9.86. The highest BCUT2D eigenvalue weighted by molar-refractivity contribution is 7.88. The van der Waals surface area contributed by atoms with Crippen LogP contribution in [0.15, 0.2) is 59.1 Å². The van der Waals surface area contributed by atoms with E-state index in [4.69, 9.17) is 4.52 Å². The Balaban J connectivity index is 1.47. The van der Waals surface area contributed by atoms with Crippen molar-refractivity contribution in [3.05, 3.63) is 60.3 Å². The zero-order valence-electron chi connectivity index (χ0n) is 13.8. The summed E-state index contributed by atoms with van der Waals surface area (Å²) in [5, 5.41) is 4.53. The van der Waals surface area contributed by atoms with Crippen LogP contribution in [0.3, 0.4) is 0 Å². The molecule has 4 rings (SSSR count). The van der Waals surface area contributed by atoms with Crippen LogP contribution in [0.2, 0.25) is 0 Å². The average molecular weight is 371 g/mol. The maximum atomic E-state index is 12.5. The van der Waals surface area contributed by atoms with Gasteiger partial charge >= 0.3 is 0 Å². The monoisotopic (exact) mass is 371 g/mol. The van der Waals surface area contributed by atoms with E-state index in [0.29, 0.717) is 23.2 Å². The van der Waals surface area contributed by atoms with E-state index in [0.717, 1.165) is 5.69 Å². The number of para-hydroxylation sites is 2. The second kappa shape index (κ2) is 6.54. The van der Waals surface area contributed by atoms with Crippen molar-refractivity contribution in [2.24, 2.45) is 0 Å². The van der Waals surface area contributed by atoms with E-state index in [2.05, 4.69) is 9.88 Å². The highest BCUT2D eigenvalue weighted by Gasteiger charge is 2.33. The largest absolute Gasteiger partial charge is 0.356 e. The Morgan fingerprint density at radius 3 is 2.65 bits per heavy atom. The Morgan fingerprint density at radius 1 is 1.12 bits per heavy atom. The van der Waals surface area contributed by atoms with Gasteiger partial charge in [-0.2, -0.15) is 0 Å². The number of amides is 1. The lowest BCUT2D eigenvalue weighted by atomic mass is 10.2. The maximum Gasteiger partial charge on any atom is 0.228 e. The van der Waals surface area contributed by atoms with E-state index in [1.54, 1.807) is 29.2 Å². The van der Waals surface area contributed by atoms with E-state index in [1.807, 2.05) is 30.3 Å². The number of fused-ring (bicyclic) bond motifs is 1. The van der Waals surface area contributed by atoms with Crippen LogP contribution >= 0.6 is 0 Å². The Kier molecular flexibility index (Phi) is 4.21. The third-order valence-corrected chi connectivity index (χ3v) is 5.66. The molecule has 1 atom stereocenters. The molecule has 0 spiro atoms. The van der Waals surface area contributed by atoms with Crippen molar-refractivity contribution < 1.29 is 17.7 Å². The first-order valence-electron chi connectivity index (χ1n) is 8.20. The zero-order valence-corrected chi connectivity index (χ0v) is 14.6. The van der Waals surface area contributed by atoms with Crippen LogP contribution in [0.25, 0.3) is 11.0 Å². The predicted molar refractivity (Wildman–Crippen MR) is 97.0 cm³/mol. The molecule has 1 aromatic heterocycles. The average Bonchev–Trinajstić information content (AvgIpc) is 3.18. The number of hydrogen-bond acceptors (Lipinski definition) is 5. The fraction of sp³-hybridized carbons (Fsp3) is 0.222. The third kappa shape index (κ3) is 3.33. The lowest BCUT2D eigenvalue weighted by Gasteiger charge is -2.17. The van der Waals surface area contributed by atoms with Gasteiger partial charge in [0.2, 0.25) is 15.9 Å². The summed E-state index contributed by atoms with van der Waals surface area (Å²) in [5.41, 5.74) is 1.67. The quantitative estimate of drug-likeness (QED) is 0.741. The van der Waals surface area contributed by atoms with Crippen LogP contribution in [-0.4, -0.2) is 32.1 Å². The number of anilines is 1. The molecule has 134 valence electrons. The molecular formula is C18H17N3O4S. The van der Waals surface area contributed by atoms with E-state index in [1.165, 1.54) is 0 Å². The van der Waals surface area contributed by atoms with Crippen LogP contribution in [0.5, 0.6) is 0 Å². The maximum absolute atomic E-state index is 12.5. The molecule has 7 nitrogen and oxygen atoms in total. The fourth-order valence-corrected chi connectivity index (χ4v) is 4.48. The molecule has 2 heterocycles. The van der Waals surface area contributed by atoms with Gasteiger partial charge < -0.3 is 9.42 Å². The first kappa shape index (κ1) is 16.7. The number of carbonyl (C=O) groups is 1. The minimum atomic E-state index is -3.66. The molecular weight excluding hydrogens is 354 g/mol. The summed E-state index contributed by atoms with van der Waals surface area (Å²) in [7, 11) is -3.66. The van der Waals surface area contributed by atoms with Gasteiger partial charge in [-0.25, -0.2) is 13.1 Å². The van der Waals surface area contributed by atoms with E-state index >= 15 is 0 Å². The van der Waals surface area contributed by atoms with Crippen molar-refractivity contribution in [2.75, 3.05) is 11.4 Å². The number of hydrogen-bond donors (Lipinski definition) is 1. The number of rotatable bonds is 5. The molecule has 1 fully saturated rings. The summed E-state index contributed by atoms with van der Waals surface area (Å²) in [4.78, 5) is 13.8. The normalized spacial score (nSPS) is 17.9. The Hall–Kier alpha value is -2.71. The lowest BCUT2D eigenvalue weighted by Crippen LogP contribution is -2.37. The zero-order chi connectivity index (χ0) is 18.1. The Bertz CT molecular complexity index is 1050. The fourth-order valence-electron chi connectivity index (χ4n) is 3.16. The highest BCUT2D eigenvalue weighted by atomic mass is 32.2. The van der Waals surface area contributed by atoms with Crippen LogP contribution < -0.4 is 9.62 Å². The number of nitrogens with zero attached hydrogens (tertiary/aromatic N) is 2. The minimum absolute atomic E-state index is 0.101. The summed E-state index contributed by atoms with van der Waals surface area (Å²) >= 11 is 0. The van der Waals surface area contributed by atoms with Gasteiger partial charge in [0, 0.05) is 30.1 Å². The molecule has 3 aromatic rings. The standard InChI is InChI=1S/C18H17N3O4S/c22-18-10-13(11-21(18)14-6-2-1-3-7-14)20-26(23,24)12-16-15-8-4-5-9-17(15)25-19-16/h1-9,13,20H,10-12H2/t13-/m0/s1. The highest BCUT2D eigenvalue weighted by Crippen LogP contribution is 2.23. The van der Waals surface area contributed by atoms with Crippen molar-refractivity contribution in [3.8, 4) is 0 Å². The molecule has 8 heteroatoms. The van der Waals surface area contributed by atoms with Crippen molar-refractivity contribution in [1.29, 1.82) is 0 Å². The van der Waals surface area contributed by atoms with Gasteiger partial charge in [-0.05, 0) is 24.3 Å². The van der Waals surface area contributed by atoms with Crippen LogP contribution in [-0.2, 0) is 20.6 Å². The van der Waals surface area contributed by atoms with Crippen LogP contribution in [0.4, 0.5) is 5.69 Å². The smallest absolute Gasteiger partial charge is 0.228 e. The van der Waals surface area contributed by atoms with Gasteiger partial charge in [0.15, 0.2) is 5.58 Å². The second-order valence-electron chi connectivity index (χ2n) is 6.24. The number of aromatic nitrogens is 1. The molecule has 1 aliphatic heterocycles. The molecule has 0 radical (unpaired) electrons. The van der Waals surface area contributed by atoms with Gasteiger partial charge in [-0.3, -0.25) is 4.79 Å². The number of benzene rings is 2. The molecule has 0 bridgehead atoms. The van der Waals surface area contributed by atoms with Crippen LogP contribution in [0, 0.1) is 0 Å². The van der Waals surface area contributed by atoms with Gasteiger partial charge in [0.1, 0.15) is 11.4 Å². The molecule has 0 unspecified atom stereocenters. The number of sulfonamides is 1. The number of carbonyl (C=O) groups excluding carboxylic acids is 1. The molecule has 1 N–H and O–H groups in total. The second-order valence-corrected chi connectivity index (χ2v) is 8.00. The van der Waals surface area contributed by atoms with Gasteiger partial charge in [-0.1, -0.05) is 35.5 Å². The van der Waals surface area contributed by atoms with Crippen LogP contribution in [0.1, 0.15) is 12.1 Å². The van der Waals surface area contributed by atoms with Gasteiger partial charge in [0.25, 0.3) is 0 Å². The summed E-state index contributed by atoms with van der Waals surface area (Å²) in [6.07, 6.45) is 0.133. The Morgan fingerprint density at radius 2 is 1.85 bits per heavy atom. The van der Waals surface area contributed by atoms with E-state index < -0.39 is 16.1 Å². The van der Waals surface area contributed by atoms with Crippen molar-refractivity contribution in [1.82, 2.24) is 9.88 Å². The van der Waals surface area contributed by atoms with Crippen molar-refractivity contribution in [2.45, 2.75) is 18.2 Å². The molecule has 2 aromatic carbocycles. The predicted octanol–water partition coefficient (Wildman–Crippen LogP) is 2.05. The van der Waals surface area contributed by atoms with Gasteiger partial charge in [0.05, 0.1) is 0 Å².